The average Bonchev–Trinajstić information content (AvgIpc) is 2.29. The second kappa shape index (κ2) is 4.45. The lowest BCUT2D eigenvalue weighted by Crippen LogP contribution is -2.40. The van der Waals surface area contributed by atoms with Gasteiger partial charge in [0.25, 0.3) is 0 Å². The fraction of sp³-hybridized carbons (Fsp3) is 0.462. The summed E-state index contributed by atoms with van der Waals surface area (Å²) in [5, 5.41) is 8.91. The van der Waals surface area contributed by atoms with Gasteiger partial charge in [0.2, 0.25) is 0 Å². The van der Waals surface area contributed by atoms with Crippen molar-refractivity contribution in [2.45, 2.75) is 31.3 Å². The molecule has 0 radical (unpaired) electrons. The fourth-order valence-corrected chi connectivity index (χ4v) is 2.48. The highest BCUT2D eigenvalue weighted by atomic mass is 19.1. The monoisotopic (exact) mass is 238 g/mol. The maximum Gasteiger partial charge on any atom is 0.306 e. The van der Waals surface area contributed by atoms with Crippen LogP contribution in [0.4, 0.5) is 4.39 Å². The number of carbonyl (C=O) groups is 1. The van der Waals surface area contributed by atoms with Gasteiger partial charge in [-0.15, -0.1) is 0 Å². The van der Waals surface area contributed by atoms with Gasteiger partial charge >= 0.3 is 5.97 Å². The van der Waals surface area contributed by atoms with Crippen molar-refractivity contribution in [2.75, 3.05) is 7.11 Å². The molecule has 1 aliphatic carbocycles. The molecule has 1 unspecified atom stereocenters. The van der Waals surface area contributed by atoms with Crippen LogP contribution in [0.1, 0.15) is 24.0 Å². The second-order valence-electron chi connectivity index (χ2n) is 4.51. The molecule has 0 saturated heterocycles. The minimum Gasteiger partial charge on any atom is -0.481 e. The molecule has 92 valence electrons. The van der Waals surface area contributed by atoms with Gasteiger partial charge in [-0.25, -0.2) is 4.39 Å². The highest BCUT2D eigenvalue weighted by Gasteiger charge is 2.37. The molecule has 0 amide bonds. The van der Waals surface area contributed by atoms with Crippen LogP contribution in [0.2, 0.25) is 0 Å². The van der Waals surface area contributed by atoms with E-state index in [4.69, 9.17) is 9.84 Å². The third kappa shape index (κ3) is 2.31. The van der Waals surface area contributed by atoms with Gasteiger partial charge in [-0.3, -0.25) is 4.79 Å². The minimum absolute atomic E-state index is 0.0860. The zero-order valence-corrected chi connectivity index (χ0v) is 9.70. The molecule has 0 heterocycles. The summed E-state index contributed by atoms with van der Waals surface area (Å²) in [5.41, 5.74) is 0.797. The average molecular weight is 238 g/mol. The van der Waals surface area contributed by atoms with E-state index in [0.29, 0.717) is 24.8 Å². The smallest absolute Gasteiger partial charge is 0.306 e. The highest BCUT2D eigenvalue weighted by Crippen LogP contribution is 2.34. The van der Waals surface area contributed by atoms with Crippen LogP contribution in [0.15, 0.2) is 18.2 Å². The molecule has 4 heteroatoms. The van der Waals surface area contributed by atoms with Crippen molar-refractivity contribution in [3.05, 3.63) is 35.1 Å². The zero-order valence-electron chi connectivity index (χ0n) is 9.70. The van der Waals surface area contributed by atoms with Crippen molar-refractivity contribution < 1.29 is 19.0 Å². The Morgan fingerprint density at radius 3 is 3.00 bits per heavy atom. The Hall–Kier alpha value is -1.42. The van der Waals surface area contributed by atoms with Crippen LogP contribution in [0.25, 0.3) is 0 Å². The number of carboxylic acids is 1. The molecule has 1 aliphatic rings. The summed E-state index contributed by atoms with van der Waals surface area (Å²) in [4.78, 5) is 10.9. The van der Waals surface area contributed by atoms with Gasteiger partial charge in [0.05, 0.1) is 12.0 Å². The molecule has 1 aromatic carbocycles. The van der Waals surface area contributed by atoms with E-state index in [1.54, 1.807) is 6.07 Å². The van der Waals surface area contributed by atoms with E-state index in [-0.39, 0.29) is 12.2 Å². The molecule has 0 bridgehead atoms. The number of carboxylic acid groups (broad SMARTS) is 1. The first-order valence-corrected chi connectivity index (χ1v) is 5.59. The zero-order chi connectivity index (χ0) is 12.5. The summed E-state index contributed by atoms with van der Waals surface area (Å²) < 4.78 is 19.0. The number of fused-ring (bicyclic) bond motifs is 1. The van der Waals surface area contributed by atoms with E-state index in [0.717, 1.165) is 5.56 Å². The first-order valence-electron chi connectivity index (χ1n) is 5.59. The minimum atomic E-state index is -0.911. The van der Waals surface area contributed by atoms with E-state index in [1.807, 2.05) is 6.07 Å². The summed E-state index contributed by atoms with van der Waals surface area (Å²) in [7, 11) is 1.49. The molecule has 1 N–H and O–H groups in total. The van der Waals surface area contributed by atoms with Crippen molar-refractivity contribution >= 4 is 5.97 Å². The van der Waals surface area contributed by atoms with Gasteiger partial charge in [-0.2, -0.15) is 0 Å². The number of rotatable bonds is 3. The molecule has 2 rings (SSSR count). The van der Waals surface area contributed by atoms with Crippen molar-refractivity contribution in [3.63, 3.8) is 0 Å². The number of benzene rings is 1. The van der Waals surface area contributed by atoms with Crippen molar-refractivity contribution in [1.82, 2.24) is 0 Å². The van der Waals surface area contributed by atoms with Gasteiger partial charge in [-0.05, 0) is 30.0 Å². The van der Waals surface area contributed by atoms with Gasteiger partial charge in [-0.1, -0.05) is 12.1 Å². The molecule has 0 aliphatic heterocycles. The van der Waals surface area contributed by atoms with Crippen LogP contribution in [-0.4, -0.2) is 23.8 Å². The highest BCUT2D eigenvalue weighted by molar-refractivity contribution is 5.68. The molecular formula is C13H15FO3. The van der Waals surface area contributed by atoms with E-state index in [9.17, 15) is 9.18 Å². The number of halogens is 1. The Bertz CT molecular complexity index is 444. The van der Waals surface area contributed by atoms with Crippen LogP contribution in [0, 0.1) is 5.82 Å². The van der Waals surface area contributed by atoms with Crippen molar-refractivity contribution in [2.24, 2.45) is 0 Å². The predicted octanol–water partition coefficient (Wildman–Crippen LogP) is 2.17. The summed E-state index contributed by atoms with van der Waals surface area (Å²) in [6.45, 7) is 0. The maximum atomic E-state index is 13.7. The lowest BCUT2D eigenvalue weighted by Gasteiger charge is -2.36. The van der Waals surface area contributed by atoms with Crippen molar-refractivity contribution in [1.29, 1.82) is 0 Å². The largest absolute Gasteiger partial charge is 0.481 e. The lowest BCUT2D eigenvalue weighted by atomic mass is 9.78. The molecule has 17 heavy (non-hydrogen) atoms. The molecule has 0 aromatic heterocycles. The van der Waals surface area contributed by atoms with Crippen LogP contribution in [-0.2, 0) is 22.4 Å². The fourth-order valence-electron chi connectivity index (χ4n) is 2.48. The number of aryl methyl sites for hydroxylation is 1. The van der Waals surface area contributed by atoms with Crippen LogP contribution in [0.3, 0.4) is 0 Å². The summed E-state index contributed by atoms with van der Waals surface area (Å²) in [6, 6.07) is 4.98. The number of hydrogen-bond acceptors (Lipinski definition) is 2. The topological polar surface area (TPSA) is 46.5 Å². The predicted molar refractivity (Wildman–Crippen MR) is 60.4 cm³/mol. The Morgan fingerprint density at radius 1 is 1.59 bits per heavy atom. The molecule has 3 nitrogen and oxygen atoms in total. The Kier molecular flexibility index (Phi) is 3.15. The maximum absolute atomic E-state index is 13.7. The molecule has 1 atom stereocenters. The van der Waals surface area contributed by atoms with Gasteiger partial charge in [0, 0.05) is 13.5 Å². The van der Waals surface area contributed by atoms with Crippen molar-refractivity contribution in [3.8, 4) is 0 Å². The number of methoxy groups -OCH3 is 1. The van der Waals surface area contributed by atoms with Crippen LogP contribution < -0.4 is 0 Å². The number of aliphatic carboxylic acids is 1. The van der Waals surface area contributed by atoms with E-state index in [1.165, 1.54) is 13.2 Å². The van der Waals surface area contributed by atoms with E-state index in [2.05, 4.69) is 0 Å². The Morgan fingerprint density at radius 2 is 2.35 bits per heavy atom. The first-order chi connectivity index (χ1) is 8.06. The third-order valence-corrected chi connectivity index (χ3v) is 3.47. The third-order valence-electron chi connectivity index (χ3n) is 3.47. The van der Waals surface area contributed by atoms with Gasteiger partial charge in [0.1, 0.15) is 5.82 Å². The summed E-state index contributed by atoms with van der Waals surface area (Å²) in [5.74, 6) is -1.18. The first kappa shape index (κ1) is 12.0. The summed E-state index contributed by atoms with van der Waals surface area (Å²) in [6.07, 6.45) is 1.52. The quantitative estimate of drug-likeness (QED) is 0.877. The molecule has 1 aromatic rings. The standard InChI is InChI=1S/C13H15FO3/c1-17-13(8-12(15)16)6-5-9-3-2-4-11(14)10(9)7-13/h2-4H,5-8H2,1H3,(H,15,16). The number of ether oxygens (including phenoxy) is 1. The lowest BCUT2D eigenvalue weighted by molar-refractivity contribution is -0.144. The SMILES string of the molecule is COC1(CC(=O)O)CCc2cccc(F)c2C1. The molecule has 0 spiro atoms. The van der Waals surface area contributed by atoms with Crippen LogP contribution in [0.5, 0.6) is 0 Å². The second-order valence-corrected chi connectivity index (χ2v) is 4.51. The number of hydrogen-bond donors (Lipinski definition) is 1. The summed E-state index contributed by atoms with van der Waals surface area (Å²) >= 11 is 0. The molecule has 0 fully saturated rings. The Labute approximate surface area is 99.2 Å². The molecule has 0 saturated carbocycles. The van der Waals surface area contributed by atoms with Crippen LogP contribution >= 0.6 is 0 Å². The van der Waals surface area contributed by atoms with E-state index >= 15 is 0 Å². The van der Waals surface area contributed by atoms with Gasteiger partial charge in [0.15, 0.2) is 0 Å². The normalized spacial score (nSPS) is 23.2. The Balaban J connectivity index is 2.32. The molecular weight excluding hydrogens is 223 g/mol. The van der Waals surface area contributed by atoms with Gasteiger partial charge < -0.3 is 9.84 Å². The van der Waals surface area contributed by atoms with E-state index < -0.39 is 11.6 Å².